The zero-order chi connectivity index (χ0) is 13.7. The number of pyridine rings is 1. The van der Waals surface area contributed by atoms with Crippen LogP contribution >= 0.6 is 0 Å². The highest BCUT2D eigenvalue weighted by Gasteiger charge is 2.19. The van der Waals surface area contributed by atoms with Gasteiger partial charge in [0.2, 0.25) is 0 Å². The summed E-state index contributed by atoms with van der Waals surface area (Å²) in [5.74, 6) is 5.55. The molecule has 5 nitrogen and oxygen atoms in total. The van der Waals surface area contributed by atoms with Gasteiger partial charge in [-0.25, -0.2) is 14.6 Å². The maximum Gasteiger partial charge on any atom is 0.281 e. The molecule has 0 bridgehead atoms. The van der Waals surface area contributed by atoms with Gasteiger partial charge in [0, 0.05) is 5.56 Å². The van der Waals surface area contributed by atoms with E-state index in [0.29, 0.717) is 11.0 Å². The van der Waals surface area contributed by atoms with Crippen LogP contribution in [0, 0.1) is 0 Å². The van der Waals surface area contributed by atoms with Gasteiger partial charge in [-0.3, -0.25) is 4.79 Å². The van der Waals surface area contributed by atoms with E-state index in [2.05, 4.69) is 22.1 Å². The first-order valence-electron chi connectivity index (χ1n) is 6.48. The minimum Gasteiger partial charge on any atom is -0.335 e. The Morgan fingerprint density at radius 1 is 1.15 bits per heavy atom. The van der Waals surface area contributed by atoms with E-state index in [4.69, 9.17) is 5.84 Å². The molecule has 2 heterocycles. The average Bonchev–Trinajstić information content (AvgIpc) is 2.50. The molecule has 0 spiro atoms. The SMILES string of the molecule is Nn1cnc2nc3c(cc2c1=O)CCc1ccccc1-3. The predicted octanol–water partition coefficient (Wildman–Crippen LogP) is 1.27. The molecule has 1 aliphatic rings. The van der Waals surface area contributed by atoms with Gasteiger partial charge in [-0.1, -0.05) is 24.3 Å². The van der Waals surface area contributed by atoms with E-state index in [1.807, 2.05) is 18.2 Å². The van der Waals surface area contributed by atoms with Gasteiger partial charge in [0.1, 0.15) is 6.33 Å². The molecule has 0 saturated carbocycles. The number of fused-ring (bicyclic) bond motifs is 4. The lowest BCUT2D eigenvalue weighted by atomic mass is 9.89. The fourth-order valence-electron chi connectivity index (χ4n) is 2.77. The van der Waals surface area contributed by atoms with E-state index in [0.717, 1.165) is 34.3 Å². The molecule has 98 valence electrons. The van der Waals surface area contributed by atoms with Crippen LogP contribution in [0.25, 0.3) is 22.3 Å². The second kappa shape index (κ2) is 3.90. The van der Waals surface area contributed by atoms with E-state index in [-0.39, 0.29) is 5.56 Å². The number of aryl methyl sites for hydroxylation is 2. The van der Waals surface area contributed by atoms with Crippen molar-refractivity contribution in [2.75, 3.05) is 5.84 Å². The lowest BCUT2D eigenvalue weighted by Crippen LogP contribution is -2.27. The molecule has 2 aromatic heterocycles. The van der Waals surface area contributed by atoms with Crippen LogP contribution in [0.5, 0.6) is 0 Å². The van der Waals surface area contributed by atoms with Crippen molar-refractivity contribution < 1.29 is 0 Å². The first-order valence-corrected chi connectivity index (χ1v) is 6.48. The largest absolute Gasteiger partial charge is 0.335 e. The highest BCUT2D eigenvalue weighted by atomic mass is 16.1. The Morgan fingerprint density at radius 2 is 1.95 bits per heavy atom. The molecule has 3 aromatic rings. The second-order valence-electron chi connectivity index (χ2n) is 4.98. The number of nitrogens with two attached hydrogens (primary N) is 1. The average molecular weight is 264 g/mol. The zero-order valence-corrected chi connectivity index (χ0v) is 10.7. The highest BCUT2D eigenvalue weighted by molar-refractivity contribution is 5.81. The van der Waals surface area contributed by atoms with Crippen LogP contribution in [-0.4, -0.2) is 14.6 Å². The molecule has 1 aliphatic carbocycles. The van der Waals surface area contributed by atoms with Gasteiger partial charge in [0.25, 0.3) is 5.56 Å². The summed E-state index contributed by atoms with van der Waals surface area (Å²) >= 11 is 0. The fraction of sp³-hybridized carbons (Fsp3) is 0.133. The summed E-state index contributed by atoms with van der Waals surface area (Å²) in [5.41, 5.74) is 4.63. The minimum atomic E-state index is -0.260. The Hall–Kier alpha value is -2.69. The van der Waals surface area contributed by atoms with Gasteiger partial charge in [0.15, 0.2) is 5.65 Å². The number of nitrogens with zero attached hydrogens (tertiary/aromatic N) is 3. The Labute approximate surface area is 114 Å². The molecule has 0 amide bonds. The summed E-state index contributed by atoms with van der Waals surface area (Å²) in [6.07, 6.45) is 3.15. The van der Waals surface area contributed by atoms with Crippen molar-refractivity contribution in [2.45, 2.75) is 12.8 Å². The lowest BCUT2D eigenvalue weighted by molar-refractivity contribution is 0.898. The molecule has 20 heavy (non-hydrogen) atoms. The minimum absolute atomic E-state index is 0.260. The van der Waals surface area contributed by atoms with Crippen LogP contribution in [0.3, 0.4) is 0 Å². The van der Waals surface area contributed by atoms with Gasteiger partial charge in [-0.15, -0.1) is 0 Å². The Bertz CT molecular complexity index is 898. The molecule has 0 atom stereocenters. The Morgan fingerprint density at radius 3 is 2.85 bits per heavy atom. The predicted molar refractivity (Wildman–Crippen MR) is 76.8 cm³/mol. The van der Waals surface area contributed by atoms with Crippen molar-refractivity contribution in [3.05, 3.63) is 58.1 Å². The summed E-state index contributed by atoms with van der Waals surface area (Å²) in [5, 5.41) is 0.480. The van der Waals surface area contributed by atoms with Crippen LogP contribution in [0.4, 0.5) is 0 Å². The molecule has 0 saturated heterocycles. The maximum atomic E-state index is 12.0. The van der Waals surface area contributed by atoms with Crippen LogP contribution in [-0.2, 0) is 12.8 Å². The quantitative estimate of drug-likeness (QED) is 0.620. The number of rotatable bonds is 0. The highest BCUT2D eigenvalue weighted by Crippen LogP contribution is 2.32. The van der Waals surface area contributed by atoms with Crippen molar-refractivity contribution in [1.82, 2.24) is 14.6 Å². The fourth-order valence-corrected chi connectivity index (χ4v) is 2.77. The van der Waals surface area contributed by atoms with Crippen LogP contribution in [0.2, 0.25) is 0 Å². The molecule has 0 unspecified atom stereocenters. The van der Waals surface area contributed by atoms with Gasteiger partial charge < -0.3 is 5.84 Å². The molecule has 5 heteroatoms. The van der Waals surface area contributed by atoms with Crippen molar-refractivity contribution in [3.63, 3.8) is 0 Å². The maximum absolute atomic E-state index is 12.0. The summed E-state index contributed by atoms with van der Waals surface area (Å²) < 4.78 is 0.993. The third-order valence-electron chi connectivity index (χ3n) is 3.79. The molecule has 0 fully saturated rings. The third kappa shape index (κ3) is 1.46. The van der Waals surface area contributed by atoms with E-state index in [1.165, 1.54) is 11.9 Å². The van der Waals surface area contributed by atoms with Crippen molar-refractivity contribution >= 4 is 11.0 Å². The molecular weight excluding hydrogens is 252 g/mol. The number of aromatic nitrogens is 3. The smallest absolute Gasteiger partial charge is 0.281 e. The van der Waals surface area contributed by atoms with E-state index in [1.54, 1.807) is 0 Å². The van der Waals surface area contributed by atoms with E-state index in [9.17, 15) is 4.79 Å². The summed E-state index contributed by atoms with van der Waals surface area (Å²) in [6, 6.07) is 10.1. The van der Waals surface area contributed by atoms with Crippen LogP contribution < -0.4 is 11.4 Å². The standard InChI is InChI=1S/C15H12N4O/c16-19-8-17-14-12(15(19)20)7-10-6-5-9-3-1-2-4-11(9)13(10)18-14/h1-4,7-8H,5-6,16H2. The molecule has 1 aromatic carbocycles. The number of benzene rings is 1. The van der Waals surface area contributed by atoms with Crippen molar-refractivity contribution in [3.8, 4) is 11.3 Å². The zero-order valence-electron chi connectivity index (χ0n) is 10.7. The molecular formula is C15H12N4O. The van der Waals surface area contributed by atoms with Crippen molar-refractivity contribution in [1.29, 1.82) is 0 Å². The van der Waals surface area contributed by atoms with Gasteiger partial charge >= 0.3 is 0 Å². The number of nitrogen functional groups attached to an aromatic ring is 1. The van der Waals surface area contributed by atoms with E-state index >= 15 is 0 Å². The first kappa shape index (κ1) is 11.2. The summed E-state index contributed by atoms with van der Waals surface area (Å²) in [4.78, 5) is 20.7. The van der Waals surface area contributed by atoms with Gasteiger partial charge in [-0.2, -0.15) is 0 Å². The van der Waals surface area contributed by atoms with Crippen LogP contribution in [0.15, 0.2) is 41.5 Å². The van der Waals surface area contributed by atoms with E-state index < -0.39 is 0 Å². The van der Waals surface area contributed by atoms with Crippen LogP contribution in [0.1, 0.15) is 11.1 Å². The number of hydrogen-bond donors (Lipinski definition) is 1. The third-order valence-corrected chi connectivity index (χ3v) is 3.79. The number of hydrogen-bond acceptors (Lipinski definition) is 4. The molecule has 4 rings (SSSR count). The first-order chi connectivity index (χ1) is 9.74. The molecule has 2 N–H and O–H groups in total. The van der Waals surface area contributed by atoms with Crippen molar-refractivity contribution in [2.24, 2.45) is 0 Å². The van der Waals surface area contributed by atoms with Gasteiger partial charge in [0.05, 0.1) is 11.1 Å². The van der Waals surface area contributed by atoms with Gasteiger partial charge in [-0.05, 0) is 30.0 Å². The molecule has 0 radical (unpaired) electrons. The monoisotopic (exact) mass is 264 g/mol. The summed E-state index contributed by atoms with van der Waals surface area (Å²) in [6.45, 7) is 0. The lowest BCUT2D eigenvalue weighted by Gasteiger charge is -2.18. The Balaban J connectivity index is 2.08. The topological polar surface area (TPSA) is 73.8 Å². The normalized spacial score (nSPS) is 13.0. The second-order valence-corrected chi connectivity index (χ2v) is 4.98. The molecule has 0 aliphatic heterocycles. The summed E-state index contributed by atoms with van der Waals surface area (Å²) in [7, 11) is 0. The Kier molecular flexibility index (Phi) is 2.18.